The number of para-hydroxylation sites is 1. The molecule has 1 heterocycles. The first-order chi connectivity index (χ1) is 9.79. The number of carbonyl (C=O) groups is 1. The first-order valence-electron chi connectivity index (χ1n) is 6.00. The van der Waals surface area contributed by atoms with E-state index in [9.17, 15) is 4.79 Å². The summed E-state index contributed by atoms with van der Waals surface area (Å²) in [6.07, 6.45) is 2.74. The predicted octanol–water partition coefficient (Wildman–Crippen LogP) is 1.72. The number of rotatable bonds is 6. The van der Waals surface area contributed by atoms with Gasteiger partial charge in [-0.2, -0.15) is 0 Å². The van der Waals surface area contributed by atoms with E-state index in [1.54, 1.807) is 0 Å². The van der Waals surface area contributed by atoms with E-state index in [0.717, 1.165) is 5.75 Å². The van der Waals surface area contributed by atoms with Gasteiger partial charge in [-0.15, -0.1) is 0 Å². The maximum Gasteiger partial charge on any atom is 0.358 e. The third kappa shape index (κ3) is 3.94. The monoisotopic (exact) mass is 274 g/mol. The van der Waals surface area contributed by atoms with Crippen molar-refractivity contribution < 1.29 is 19.0 Å². The molecule has 2 aromatic rings. The summed E-state index contributed by atoms with van der Waals surface area (Å²) in [7, 11) is 1.28. The molecule has 0 saturated carbocycles. The van der Waals surface area contributed by atoms with Crippen molar-refractivity contribution in [2.24, 2.45) is 0 Å². The van der Waals surface area contributed by atoms with Crippen LogP contribution in [0.4, 0.5) is 0 Å². The van der Waals surface area contributed by atoms with Crippen molar-refractivity contribution in [3.8, 4) is 11.6 Å². The molecule has 20 heavy (non-hydrogen) atoms. The van der Waals surface area contributed by atoms with Crippen LogP contribution in [-0.4, -0.2) is 36.3 Å². The molecular formula is C14H14N2O4. The largest absolute Gasteiger partial charge is 0.490 e. The molecule has 1 aromatic carbocycles. The van der Waals surface area contributed by atoms with E-state index >= 15 is 0 Å². The summed E-state index contributed by atoms with van der Waals surface area (Å²) in [6.45, 7) is 0.669. The van der Waals surface area contributed by atoms with Crippen molar-refractivity contribution in [2.45, 2.75) is 0 Å². The molecule has 104 valence electrons. The van der Waals surface area contributed by atoms with Gasteiger partial charge in [-0.3, -0.25) is 4.98 Å². The van der Waals surface area contributed by atoms with Crippen LogP contribution in [0.3, 0.4) is 0 Å². The Kier molecular flexibility index (Phi) is 4.88. The van der Waals surface area contributed by atoms with Gasteiger partial charge in [-0.25, -0.2) is 9.78 Å². The molecule has 0 fully saturated rings. The average Bonchev–Trinajstić information content (AvgIpc) is 2.52. The standard InChI is InChI=1S/C14H14N2O4/c1-18-14(17)12-9-15-10-13(16-12)20-8-7-19-11-5-3-2-4-6-11/h2-6,9-10H,7-8H2,1H3. The highest BCUT2D eigenvalue weighted by molar-refractivity contribution is 5.86. The molecule has 0 saturated heterocycles. The van der Waals surface area contributed by atoms with Crippen LogP contribution in [0.5, 0.6) is 11.6 Å². The Morgan fingerprint density at radius 3 is 2.60 bits per heavy atom. The van der Waals surface area contributed by atoms with Gasteiger partial charge in [0.05, 0.1) is 19.5 Å². The highest BCUT2D eigenvalue weighted by Gasteiger charge is 2.08. The second kappa shape index (κ2) is 7.08. The third-order valence-electron chi connectivity index (χ3n) is 2.35. The van der Waals surface area contributed by atoms with Crippen molar-refractivity contribution in [3.63, 3.8) is 0 Å². The van der Waals surface area contributed by atoms with Crippen LogP contribution in [0.2, 0.25) is 0 Å². The fourth-order valence-corrected chi connectivity index (χ4v) is 1.44. The zero-order valence-corrected chi connectivity index (χ0v) is 11.0. The summed E-state index contributed by atoms with van der Waals surface area (Å²) in [5, 5.41) is 0. The molecule has 0 aliphatic carbocycles. The first-order valence-corrected chi connectivity index (χ1v) is 6.00. The van der Waals surface area contributed by atoms with E-state index in [1.165, 1.54) is 19.5 Å². The van der Waals surface area contributed by atoms with E-state index in [-0.39, 0.29) is 11.6 Å². The molecule has 0 aliphatic rings. The van der Waals surface area contributed by atoms with Gasteiger partial charge < -0.3 is 14.2 Å². The number of hydrogen-bond donors (Lipinski definition) is 0. The molecule has 0 N–H and O–H groups in total. The summed E-state index contributed by atoms with van der Waals surface area (Å²) in [5.74, 6) is 0.471. The smallest absolute Gasteiger partial charge is 0.358 e. The van der Waals surface area contributed by atoms with Crippen molar-refractivity contribution >= 4 is 5.97 Å². The molecular weight excluding hydrogens is 260 g/mol. The minimum Gasteiger partial charge on any atom is -0.490 e. The highest BCUT2D eigenvalue weighted by atomic mass is 16.5. The van der Waals surface area contributed by atoms with Crippen molar-refractivity contribution in [3.05, 3.63) is 48.4 Å². The molecule has 0 atom stereocenters. The lowest BCUT2D eigenvalue weighted by molar-refractivity contribution is 0.0592. The summed E-state index contributed by atoms with van der Waals surface area (Å²) in [6, 6.07) is 9.41. The van der Waals surface area contributed by atoms with Crippen molar-refractivity contribution in [2.75, 3.05) is 20.3 Å². The summed E-state index contributed by atoms with van der Waals surface area (Å²) in [5.41, 5.74) is 0.106. The predicted molar refractivity (Wildman–Crippen MR) is 70.8 cm³/mol. The minimum atomic E-state index is -0.552. The summed E-state index contributed by atoms with van der Waals surface area (Å²) >= 11 is 0. The molecule has 0 amide bonds. The van der Waals surface area contributed by atoms with Gasteiger partial charge in [-0.1, -0.05) is 18.2 Å². The SMILES string of the molecule is COC(=O)c1cncc(OCCOc2ccccc2)n1. The summed E-state index contributed by atoms with van der Waals surface area (Å²) in [4.78, 5) is 19.1. The maximum absolute atomic E-state index is 11.3. The molecule has 6 nitrogen and oxygen atoms in total. The van der Waals surface area contributed by atoms with Crippen LogP contribution in [0.25, 0.3) is 0 Å². The van der Waals surface area contributed by atoms with E-state index in [4.69, 9.17) is 9.47 Å². The normalized spacial score (nSPS) is 9.85. The van der Waals surface area contributed by atoms with E-state index < -0.39 is 5.97 Å². The lowest BCUT2D eigenvalue weighted by Crippen LogP contribution is -2.11. The van der Waals surface area contributed by atoms with Gasteiger partial charge in [0.25, 0.3) is 0 Å². The molecule has 0 bridgehead atoms. The number of methoxy groups -OCH3 is 1. The van der Waals surface area contributed by atoms with Gasteiger partial charge in [0, 0.05) is 0 Å². The number of ether oxygens (including phenoxy) is 3. The fraction of sp³-hybridized carbons (Fsp3) is 0.214. The second-order valence-electron chi connectivity index (χ2n) is 3.74. The van der Waals surface area contributed by atoms with E-state index in [0.29, 0.717) is 13.2 Å². The Balaban J connectivity index is 1.81. The van der Waals surface area contributed by atoms with Crippen LogP contribution in [0.1, 0.15) is 10.5 Å². The number of nitrogens with zero attached hydrogens (tertiary/aromatic N) is 2. The molecule has 0 radical (unpaired) electrons. The molecule has 6 heteroatoms. The minimum absolute atomic E-state index is 0.106. The zero-order valence-electron chi connectivity index (χ0n) is 11.0. The third-order valence-corrected chi connectivity index (χ3v) is 2.35. The van der Waals surface area contributed by atoms with Gasteiger partial charge in [-0.05, 0) is 12.1 Å². The molecule has 0 spiro atoms. The topological polar surface area (TPSA) is 70.5 Å². The fourth-order valence-electron chi connectivity index (χ4n) is 1.44. The number of aromatic nitrogens is 2. The van der Waals surface area contributed by atoms with Crippen molar-refractivity contribution in [1.82, 2.24) is 9.97 Å². The van der Waals surface area contributed by atoms with Crippen LogP contribution in [0, 0.1) is 0 Å². The average molecular weight is 274 g/mol. The lowest BCUT2D eigenvalue weighted by Gasteiger charge is -2.07. The summed E-state index contributed by atoms with van der Waals surface area (Å²) < 4.78 is 15.4. The second-order valence-corrected chi connectivity index (χ2v) is 3.74. The lowest BCUT2D eigenvalue weighted by atomic mass is 10.3. The molecule has 0 unspecified atom stereocenters. The number of benzene rings is 1. The molecule has 0 aliphatic heterocycles. The van der Waals surface area contributed by atoms with Crippen LogP contribution in [0.15, 0.2) is 42.7 Å². The van der Waals surface area contributed by atoms with Gasteiger partial charge in [0.15, 0.2) is 5.69 Å². The Labute approximate surface area is 116 Å². The van der Waals surface area contributed by atoms with Gasteiger partial charge in [0.2, 0.25) is 5.88 Å². The highest BCUT2D eigenvalue weighted by Crippen LogP contribution is 2.09. The molecule has 1 aromatic heterocycles. The zero-order chi connectivity index (χ0) is 14.2. The van der Waals surface area contributed by atoms with Crippen LogP contribution in [-0.2, 0) is 4.74 Å². The van der Waals surface area contributed by atoms with Crippen LogP contribution < -0.4 is 9.47 Å². The van der Waals surface area contributed by atoms with Gasteiger partial charge in [0.1, 0.15) is 19.0 Å². The Morgan fingerprint density at radius 2 is 1.85 bits per heavy atom. The Bertz CT molecular complexity index is 560. The Hall–Kier alpha value is -2.63. The quantitative estimate of drug-likeness (QED) is 0.590. The maximum atomic E-state index is 11.3. The van der Waals surface area contributed by atoms with Gasteiger partial charge >= 0.3 is 5.97 Å². The molecule has 2 rings (SSSR count). The van der Waals surface area contributed by atoms with Crippen molar-refractivity contribution in [1.29, 1.82) is 0 Å². The van der Waals surface area contributed by atoms with E-state index in [2.05, 4.69) is 14.7 Å². The van der Waals surface area contributed by atoms with Crippen LogP contribution >= 0.6 is 0 Å². The first kappa shape index (κ1) is 13.8. The number of carbonyl (C=O) groups excluding carboxylic acids is 1. The Morgan fingerprint density at radius 1 is 1.10 bits per heavy atom. The number of hydrogen-bond acceptors (Lipinski definition) is 6. The van der Waals surface area contributed by atoms with E-state index in [1.807, 2.05) is 30.3 Å². The number of esters is 1.